The summed E-state index contributed by atoms with van der Waals surface area (Å²) in [5.74, 6) is 0.0937. The Morgan fingerprint density at radius 1 is 1.21 bits per heavy atom. The molecule has 2 N–H and O–H groups in total. The highest BCUT2D eigenvalue weighted by Gasteiger charge is 2.21. The van der Waals surface area contributed by atoms with Crippen LogP contribution in [-0.4, -0.2) is 63.0 Å². The van der Waals surface area contributed by atoms with Gasteiger partial charge in [-0.1, -0.05) is 0 Å². The Bertz CT molecular complexity index is 465. The molecule has 1 aromatic rings. The maximum Gasteiger partial charge on any atom is 0.254 e. The molecule has 0 bridgehead atoms. The molecule has 0 spiro atoms. The highest BCUT2D eigenvalue weighted by Crippen LogP contribution is 2.23. The second kappa shape index (κ2) is 5.48. The van der Waals surface area contributed by atoms with Crippen LogP contribution >= 0.6 is 0 Å². The molecule has 19 heavy (non-hydrogen) atoms. The van der Waals surface area contributed by atoms with Gasteiger partial charge in [-0.15, -0.1) is 0 Å². The summed E-state index contributed by atoms with van der Waals surface area (Å²) in [6.45, 7) is 3.44. The van der Waals surface area contributed by atoms with E-state index in [-0.39, 0.29) is 5.91 Å². The maximum atomic E-state index is 12.4. The van der Waals surface area contributed by atoms with Crippen LogP contribution in [0.1, 0.15) is 10.4 Å². The van der Waals surface area contributed by atoms with E-state index < -0.39 is 0 Å². The van der Waals surface area contributed by atoms with Gasteiger partial charge in [0.25, 0.3) is 5.91 Å². The first kappa shape index (κ1) is 13.7. The number of nitrogens with zero attached hydrogens (tertiary/aromatic N) is 3. The van der Waals surface area contributed by atoms with E-state index >= 15 is 0 Å². The lowest BCUT2D eigenvalue weighted by atomic mass is 10.1. The van der Waals surface area contributed by atoms with Gasteiger partial charge in [0, 0.05) is 45.8 Å². The SMILES string of the molecule is CN1CCN(C(=O)c2ccc(N)c(N(C)C)c2)CC1. The van der Waals surface area contributed by atoms with Gasteiger partial charge in [-0.3, -0.25) is 4.79 Å². The van der Waals surface area contributed by atoms with Gasteiger partial charge >= 0.3 is 0 Å². The van der Waals surface area contributed by atoms with E-state index in [1.165, 1.54) is 0 Å². The summed E-state index contributed by atoms with van der Waals surface area (Å²) in [4.78, 5) is 18.5. The van der Waals surface area contributed by atoms with Crippen molar-refractivity contribution < 1.29 is 4.79 Å². The molecule has 1 amide bonds. The van der Waals surface area contributed by atoms with Crippen molar-refractivity contribution in [1.29, 1.82) is 0 Å². The highest BCUT2D eigenvalue weighted by molar-refractivity contribution is 5.96. The number of likely N-dealkylation sites (N-methyl/N-ethyl adjacent to an activating group) is 1. The molecule has 1 aliphatic rings. The zero-order valence-electron chi connectivity index (χ0n) is 11.9. The molecule has 1 fully saturated rings. The zero-order chi connectivity index (χ0) is 14.0. The number of rotatable bonds is 2. The predicted octanol–water partition coefficient (Wildman–Crippen LogP) is 0.722. The molecule has 0 aromatic heterocycles. The first-order valence-electron chi connectivity index (χ1n) is 6.53. The average molecular weight is 262 g/mol. The van der Waals surface area contributed by atoms with Crippen LogP contribution in [0.2, 0.25) is 0 Å². The molecule has 1 aromatic carbocycles. The molecule has 5 heteroatoms. The minimum absolute atomic E-state index is 0.0937. The third kappa shape index (κ3) is 2.98. The van der Waals surface area contributed by atoms with E-state index in [9.17, 15) is 4.79 Å². The van der Waals surface area contributed by atoms with Crippen molar-refractivity contribution in [2.75, 3.05) is 58.0 Å². The van der Waals surface area contributed by atoms with Crippen molar-refractivity contribution >= 4 is 17.3 Å². The smallest absolute Gasteiger partial charge is 0.254 e. The van der Waals surface area contributed by atoms with Gasteiger partial charge in [0.1, 0.15) is 0 Å². The van der Waals surface area contributed by atoms with Crippen molar-refractivity contribution in [2.45, 2.75) is 0 Å². The first-order chi connectivity index (χ1) is 8.99. The summed E-state index contributed by atoms with van der Waals surface area (Å²) in [5.41, 5.74) is 8.21. The van der Waals surface area contributed by atoms with Crippen LogP contribution in [0, 0.1) is 0 Å². The quantitative estimate of drug-likeness (QED) is 0.798. The second-order valence-electron chi connectivity index (χ2n) is 5.26. The van der Waals surface area contributed by atoms with E-state index in [4.69, 9.17) is 5.73 Å². The van der Waals surface area contributed by atoms with E-state index in [1.807, 2.05) is 36.0 Å². The fourth-order valence-corrected chi connectivity index (χ4v) is 2.26. The third-order valence-corrected chi connectivity index (χ3v) is 3.55. The van der Waals surface area contributed by atoms with Gasteiger partial charge in [0.15, 0.2) is 0 Å². The standard InChI is InChI=1S/C14H22N4O/c1-16(2)13-10-11(4-5-12(13)15)14(19)18-8-6-17(3)7-9-18/h4-5,10H,6-9,15H2,1-3H3. The summed E-state index contributed by atoms with van der Waals surface area (Å²) >= 11 is 0. The van der Waals surface area contributed by atoms with Crippen LogP contribution in [0.3, 0.4) is 0 Å². The largest absolute Gasteiger partial charge is 0.397 e. The number of piperazine rings is 1. The molecule has 1 saturated heterocycles. The first-order valence-corrected chi connectivity index (χ1v) is 6.53. The van der Waals surface area contributed by atoms with Gasteiger partial charge in [-0.2, -0.15) is 0 Å². The van der Waals surface area contributed by atoms with E-state index in [2.05, 4.69) is 11.9 Å². The molecule has 0 aliphatic carbocycles. The highest BCUT2D eigenvalue weighted by atomic mass is 16.2. The van der Waals surface area contributed by atoms with E-state index in [0.29, 0.717) is 11.3 Å². The molecule has 0 saturated carbocycles. The molecule has 0 radical (unpaired) electrons. The number of amides is 1. The van der Waals surface area contributed by atoms with Crippen molar-refractivity contribution in [1.82, 2.24) is 9.80 Å². The number of carbonyl (C=O) groups excluding carboxylic acids is 1. The van der Waals surface area contributed by atoms with Crippen LogP contribution in [-0.2, 0) is 0 Å². The number of hydrogen-bond acceptors (Lipinski definition) is 4. The Labute approximate surface area is 114 Å². The third-order valence-electron chi connectivity index (χ3n) is 3.55. The van der Waals surface area contributed by atoms with Crippen LogP contribution < -0.4 is 10.6 Å². The van der Waals surface area contributed by atoms with Crippen LogP contribution in [0.5, 0.6) is 0 Å². The topological polar surface area (TPSA) is 52.8 Å². The van der Waals surface area contributed by atoms with Gasteiger partial charge in [0.2, 0.25) is 0 Å². The van der Waals surface area contributed by atoms with Crippen molar-refractivity contribution in [3.8, 4) is 0 Å². The molecule has 5 nitrogen and oxygen atoms in total. The van der Waals surface area contributed by atoms with Gasteiger partial charge in [-0.25, -0.2) is 0 Å². The molecule has 1 heterocycles. The van der Waals surface area contributed by atoms with Gasteiger partial charge in [0.05, 0.1) is 11.4 Å². The predicted molar refractivity (Wildman–Crippen MR) is 78.6 cm³/mol. The Kier molecular flexibility index (Phi) is 3.95. The lowest BCUT2D eigenvalue weighted by Gasteiger charge is -2.32. The monoisotopic (exact) mass is 262 g/mol. The molecular formula is C14H22N4O. The Morgan fingerprint density at radius 2 is 1.84 bits per heavy atom. The van der Waals surface area contributed by atoms with Gasteiger partial charge in [-0.05, 0) is 25.2 Å². The molecule has 104 valence electrons. The van der Waals surface area contributed by atoms with Crippen molar-refractivity contribution in [2.24, 2.45) is 0 Å². The number of anilines is 2. The molecule has 2 rings (SSSR count). The molecule has 1 aliphatic heterocycles. The Balaban J connectivity index is 2.17. The minimum Gasteiger partial charge on any atom is -0.397 e. The molecular weight excluding hydrogens is 240 g/mol. The van der Waals surface area contributed by atoms with Crippen molar-refractivity contribution in [3.63, 3.8) is 0 Å². The number of hydrogen-bond donors (Lipinski definition) is 1. The van der Waals surface area contributed by atoms with E-state index in [1.54, 1.807) is 6.07 Å². The summed E-state index contributed by atoms with van der Waals surface area (Å²) in [5, 5.41) is 0. The Hall–Kier alpha value is -1.75. The average Bonchev–Trinajstić information content (AvgIpc) is 2.39. The summed E-state index contributed by atoms with van der Waals surface area (Å²) in [6, 6.07) is 5.48. The van der Waals surface area contributed by atoms with Crippen LogP contribution in [0.15, 0.2) is 18.2 Å². The molecule has 0 atom stereocenters. The zero-order valence-corrected chi connectivity index (χ0v) is 11.9. The number of nitrogens with two attached hydrogens (primary N) is 1. The summed E-state index contributed by atoms with van der Waals surface area (Å²) < 4.78 is 0. The lowest BCUT2D eigenvalue weighted by molar-refractivity contribution is 0.0664. The minimum atomic E-state index is 0.0937. The summed E-state index contributed by atoms with van der Waals surface area (Å²) in [7, 11) is 5.93. The normalized spacial score (nSPS) is 16.5. The maximum absolute atomic E-state index is 12.4. The van der Waals surface area contributed by atoms with Gasteiger partial charge < -0.3 is 20.4 Å². The lowest BCUT2D eigenvalue weighted by Crippen LogP contribution is -2.47. The number of carbonyl (C=O) groups is 1. The number of benzene rings is 1. The van der Waals surface area contributed by atoms with Crippen LogP contribution in [0.25, 0.3) is 0 Å². The van der Waals surface area contributed by atoms with Crippen LogP contribution in [0.4, 0.5) is 11.4 Å². The Morgan fingerprint density at radius 3 is 2.42 bits per heavy atom. The number of nitrogen functional groups attached to an aromatic ring is 1. The fraction of sp³-hybridized carbons (Fsp3) is 0.500. The second-order valence-corrected chi connectivity index (χ2v) is 5.26. The van der Waals surface area contributed by atoms with Crippen molar-refractivity contribution in [3.05, 3.63) is 23.8 Å². The molecule has 0 unspecified atom stereocenters. The fourth-order valence-electron chi connectivity index (χ4n) is 2.26. The van der Waals surface area contributed by atoms with E-state index in [0.717, 1.165) is 31.9 Å². The summed E-state index contributed by atoms with van der Waals surface area (Å²) in [6.07, 6.45) is 0.